The number of piperidine rings is 1. The van der Waals surface area contributed by atoms with Gasteiger partial charge in [-0.25, -0.2) is 4.98 Å². The summed E-state index contributed by atoms with van der Waals surface area (Å²) in [6, 6.07) is 18.3. The zero-order valence-corrected chi connectivity index (χ0v) is 19.4. The molecule has 4 heterocycles. The molecule has 5 heteroatoms. The molecule has 0 atom stereocenters. The molecule has 1 aliphatic heterocycles. The number of benzene rings is 2. The summed E-state index contributed by atoms with van der Waals surface area (Å²) in [6.45, 7) is 8.46. The molecule has 0 saturated carbocycles. The fourth-order valence-corrected chi connectivity index (χ4v) is 5.37. The topological polar surface area (TPSA) is 58.5 Å². The molecular formula is C28H29N5. The number of imidazole rings is 1. The van der Waals surface area contributed by atoms with Crippen LogP contribution in [0.4, 0.5) is 0 Å². The van der Waals surface area contributed by atoms with Gasteiger partial charge >= 0.3 is 0 Å². The molecule has 0 spiro atoms. The first kappa shape index (κ1) is 20.2. The van der Waals surface area contributed by atoms with Crippen molar-refractivity contribution in [3.63, 3.8) is 0 Å². The van der Waals surface area contributed by atoms with Crippen LogP contribution in [0.3, 0.4) is 0 Å². The number of rotatable bonds is 3. The summed E-state index contributed by atoms with van der Waals surface area (Å²) in [7, 11) is 0. The van der Waals surface area contributed by atoms with Gasteiger partial charge in [-0.2, -0.15) is 0 Å². The van der Waals surface area contributed by atoms with Crippen LogP contribution in [0.15, 0.2) is 54.9 Å². The van der Waals surface area contributed by atoms with Crippen LogP contribution in [0.2, 0.25) is 0 Å². The van der Waals surface area contributed by atoms with Gasteiger partial charge in [0.2, 0.25) is 0 Å². The predicted octanol–water partition coefficient (Wildman–Crippen LogP) is 6.10. The average molecular weight is 436 g/mol. The van der Waals surface area contributed by atoms with Crippen LogP contribution in [0.1, 0.15) is 35.8 Å². The molecule has 33 heavy (non-hydrogen) atoms. The third-order valence-corrected chi connectivity index (χ3v) is 7.04. The van der Waals surface area contributed by atoms with Gasteiger partial charge in [-0.1, -0.05) is 18.2 Å². The molecule has 5 aromatic rings. The summed E-state index contributed by atoms with van der Waals surface area (Å²) in [5, 5.41) is 4.71. The summed E-state index contributed by atoms with van der Waals surface area (Å²) >= 11 is 0. The summed E-state index contributed by atoms with van der Waals surface area (Å²) in [5.74, 6) is 0. The Morgan fingerprint density at radius 2 is 1.58 bits per heavy atom. The Kier molecular flexibility index (Phi) is 4.80. The predicted molar refractivity (Wildman–Crippen MR) is 136 cm³/mol. The van der Waals surface area contributed by atoms with Gasteiger partial charge in [0.1, 0.15) is 0 Å². The molecule has 0 amide bonds. The molecule has 0 unspecified atom stereocenters. The van der Waals surface area contributed by atoms with Crippen molar-refractivity contribution in [2.45, 2.75) is 39.7 Å². The fraction of sp³-hybridized carbons (Fsp3) is 0.286. The van der Waals surface area contributed by atoms with E-state index in [1.54, 1.807) is 0 Å². The Morgan fingerprint density at radius 1 is 0.848 bits per heavy atom. The van der Waals surface area contributed by atoms with E-state index in [-0.39, 0.29) is 0 Å². The van der Waals surface area contributed by atoms with E-state index in [2.05, 4.69) is 89.2 Å². The lowest BCUT2D eigenvalue weighted by molar-refractivity contribution is 0.374. The molecule has 1 saturated heterocycles. The van der Waals surface area contributed by atoms with Crippen molar-refractivity contribution in [1.82, 2.24) is 24.8 Å². The highest BCUT2D eigenvalue weighted by Crippen LogP contribution is 2.34. The van der Waals surface area contributed by atoms with Crippen molar-refractivity contribution < 1.29 is 0 Å². The lowest BCUT2D eigenvalue weighted by atomic mass is 10.0. The normalized spacial score (nSPS) is 15.0. The lowest BCUT2D eigenvalue weighted by Gasteiger charge is -2.24. The maximum Gasteiger partial charge on any atom is 0.0960 e. The Balaban J connectivity index is 1.39. The number of fused-ring (bicyclic) bond motifs is 2. The molecule has 3 aromatic heterocycles. The molecule has 0 bridgehead atoms. The molecule has 5 nitrogen and oxygen atoms in total. The first-order valence-corrected chi connectivity index (χ1v) is 11.8. The van der Waals surface area contributed by atoms with Crippen molar-refractivity contribution in [2.24, 2.45) is 0 Å². The van der Waals surface area contributed by atoms with Gasteiger partial charge in [0.15, 0.2) is 0 Å². The molecule has 6 rings (SSSR count). The summed E-state index contributed by atoms with van der Waals surface area (Å²) in [6.07, 6.45) is 4.34. The minimum absolute atomic E-state index is 0.541. The minimum atomic E-state index is 0.541. The van der Waals surface area contributed by atoms with Crippen LogP contribution in [0.5, 0.6) is 0 Å². The van der Waals surface area contributed by atoms with E-state index in [1.165, 1.54) is 38.9 Å². The monoisotopic (exact) mass is 435 g/mol. The van der Waals surface area contributed by atoms with Crippen LogP contribution in [0, 0.1) is 20.8 Å². The largest absolute Gasteiger partial charge is 0.354 e. The number of pyridine rings is 1. The Labute approximate surface area is 193 Å². The van der Waals surface area contributed by atoms with E-state index in [0.29, 0.717) is 6.04 Å². The molecule has 2 N–H and O–H groups in total. The van der Waals surface area contributed by atoms with Gasteiger partial charge in [-0.3, -0.25) is 4.98 Å². The van der Waals surface area contributed by atoms with Crippen molar-refractivity contribution in [2.75, 3.05) is 13.1 Å². The molecule has 0 radical (unpaired) electrons. The van der Waals surface area contributed by atoms with E-state index >= 15 is 0 Å². The highest BCUT2D eigenvalue weighted by molar-refractivity contribution is 5.94. The zero-order valence-electron chi connectivity index (χ0n) is 19.4. The molecule has 166 valence electrons. The number of aromatic amines is 1. The highest BCUT2D eigenvalue weighted by Gasteiger charge is 2.17. The third-order valence-electron chi connectivity index (χ3n) is 7.04. The SMILES string of the molecule is Cc1cc(-c2[nH]c3cc(-c4ccc5c(c4)ncn5C4CCNCC4)ccc3c2C)cc(C)n1. The van der Waals surface area contributed by atoms with E-state index in [1.807, 2.05) is 6.33 Å². The van der Waals surface area contributed by atoms with Gasteiger partial charge in [0.25, 0.3) is 0 Å². The van der Waals surface area contributed by atoms with Crippen molar-refractivity contribution in [3.8, 4) is 22.4 Å². The number of aromatic nitrogens is 4. The van der Waals surface area contributed by atoms with Gasteiger partial charge < -0.3 is 14.9 Å². The Bertz CT molecular complexity index is 1460. The van der Waals surface area contributed by atoms with E-state index in [9.17, 15) is 0 Å². The number of hydrogen-bond donors (Lipinski definition) is 2. The maximum atomic E-state index is 4.75. The van der Waals surface area contributed by atoms with Gasteiger partial charge in [0, 0.05) is 39.6 Å². The molecule has 2 aromatic carbocycles. The summed E-state index contributed by atoms with van der Waals surface area (Å²) in [5.41, 5.74) is 11.6. The van der Waals surface area contributed by atoms with Crippen LogP contribution >= 0.6 is 0 Å². The minimum Gasteiger partial charge on any atom is -0.354 e. The van der Waals surface area contributed by atoms with Gasteiger partial charge in [-0.05, 0) is 93.7 Å². The fourth-order valence-electron chi connectivity index (χ4n) is 5.37. The van der Waals surface area contributed by atoms with E-state index in [4.69, 9.17) is 4.98 Å². The summed E-state index contributed by atoms with van der Waals surface area (Å²) in [4.78, 5) is 12.9. The van der Waals surface area contributed by atoms with E-state index < -0.39 is 0 Å². The van der Waals surface area contributed by atoms with Crippen LogP contribution in [-0.2, 0) is 0 Å². The second-order valence-corrected chi connectivity index (χ2v) is 9.36. The van der Waals surface area contributed by atoms with Crippen LogP contribution in [-0.4, -0.2) is 32.6 Å². The van der Waals surface area contributed by atoms with Gasteiger partial charge in [-0.15, -0.1) is 0 Å². The second-order valence-electron chi connectivity index (χ2n) is 9.36. The van der Waals surface area contributed by atoms with Crippen molar-refractivity contribution >= 4 is 21.9 Å². The average Bonchev–Trinajstić information content (AvgIpc) is 3.39. The van der Waals surface area contributed by atoms with Crippen LogP contribution < -0.4 is 5.32 Å². The highest BCUT2D eigenvalue weighted by atomic mass is 15.1. The molecule has 1 fully saturated rings. The number of aryl methyl sites for hydroxylation is 3. The smallest absolute Gasteiger partial charge is 0.0960 e. The standard InChI is InChI=1S/C28H29N5/c1-17-12-22(13-18(2)31-17)28-19(3)24-6-4-20(14-25(24)32-28)21-5-7-27-26(15-21)30-16-33(27)23-8-10-29-11-9-23/h4-7,12-16,23,29,32H,8-11H2,1-3H3. The van der Waals surface area contributed by atoms with Crippen molar-refractivity contribution in [1.29, 1.82) is 0 Å². The lowest BCUT2D eigenvalue weighted by Crippen LogP contribution is -2.29. The van der Waals surface area contributed by atoms with E-state index in [0.717, 1.165) is 48.4 Å². The van der Waals surface area contributed by atoms with Crippen LogP contribution in [0.25, 0.3) is 44.3 Å². The third kappa shape index (κ3) is 3.53. The molecule has 0 aliphatic carbocycles. The van der Waals surface area contributed by atoms with Gasteiger partial charge in [0.05, 0.1) is 17.4 Å². The first-order chi connectivity index (χ1) is 16.1. The number of H-pyrrole nitrogens is 1. The quantitative estimate of drug-likeness (QED) is 0.360. The Morgan fingerprint density at radius 3 is 2.36 bits per heavy atom. The molecule has 1 aliphatic rings. The van der Waals surface area contributed by atoms with Crippen molar-refractivity contribution in [3.05, 3.63) is 71.8 Å². The Hall–Kier alpha value is -3.44. The second kappa shape index (κ2) is 7.85. The summed E-state index contributed by atoms with van der Waals surface area (Å²) < 4.78 is 2.36. The first-order valence-electron chi connectivity index (χ1n) is 11.8. The zero-order chi connectivity index (χ0) is 22.5. The number of hydrogen-bond acceptors (Lipinski definition) is 3. The number of nitrogens with one attached hydrogen (secondary N) is 2. The number of nitrogens with zero attached hydrogens (tertiary/aromatic N) is 3. The molecular weight excluding hydrogens is 406 g/mol. The maximum absolute atomic E-state index is 4.75.